The van der Waals surface area contributed by atoms with Crippen LogP contribution in [-0.4, -0.2) is 50.3 Å². The molecular weight excluding hydrogens is 300 g/mol. The van der Waals surface area contributed by atoms with E-state index in [0.29, 0.717) is 6.04 Å². The van der Waals surface area contributed by atoms with Crippen molar-refractivity contribution in [2.45, 2.75) is 25.8 Å². The van der Waals surface area contributed by atoms with Crippen LogP contribution in [-0.2, 0) is 0 Å². The maximum absolute atomic E-state index is 4.50. The second-order valence-corrected chi connectivity index (χ2v) is 6.16. The Morgan fingerprint density at radius 1 is 1.21 bits per heavy atom. The van der Waals surface area contributed by atoms with Gasteiger partial charge >= 0.3 is 0 Å². The largest absolute Gasteiger partial charge is 0.368 e. The first-order chi connectivity index (χ1) is 11.9. The molecule has 2 aromatic heterocycles. The lowest BCUT2D eigenvalue weighted by atomic mass is 10.2. The van der Waals surface area contributed by atoms with Crippen LogP contribution in [0.25, 0.3) is 16.7 Å². The van der Waals surface area contributed by atoms with Crippen molar-refractivity contribution in [3.63, 3.8) is 0 Å². The molecule has 1 fully saturated rings. The van der Waals surface area contributed by atoms with Crippen molar-refractivity contribution in [2.75, 3.05) is 25.0 Å². The summed E-state index contributed by atoms with van der Waals surface area (Å²) in [5, 5.41) is 8.97. The number of benzene rings is 1. The predicted molar refractivity (Wildman–Crippen MR) is 95.4 cm³/mol. The van der Waals surface area contributed by atoms with Crippen LogP contribution in [0.2, 0.25) is 0 Å². The normalized spacial score (nSPS) is 18.3. The lowest BCUT2D eigenvalue weighted by Crippen LogP contribution is -2.34. The number of hydrogen-bond acceptors (Lipinski definition) is 5. The molecule has 1 saturated heterocycles. The second kappa shape index (κ2) is 6.57. The molecule has 1 aromatic carbocycles. The summed E-state index contributed by atoms with van der Waals surface area (Å²) < 4.78 is 1.86. The van der Waals surface area contributed by atoms with E-state index in [1.807, 2.05) is 41.2 Å². The number of para-hydroxylation sites is 1. The Morgan fingerprint density at radius 3 is 2.92 bits per heavy atom. The molecule has 3 aromatic rings. The Balaban J connectivity index is 1.59. The Labute approximate surface area is 141 Å². The van der Waals surface area contributed by atoms with Gasteiger partial charge in [-0.2, -0.15) is 5.10 Å². The monoisotopic (exact) mass is 322 g/mol. The van der Waals surface area contributed by atoms with E-state index in [-0.39, 0.29) is 0 Å². The molecule has 0 amide bonds. The van der Waals surface area contributed by atoms with Crippen LogP contribution in [0.1, 0.15) is 19.8 Å². The standard InChI is InChI=1S/C18H22N6/c1-2-23-10-6-9-15(23)11-19-17-16-12-22-24(18(16)21-13-20-17)14-7-4-3-5-8-14/h3-5,7-8,12-13,15H,2,6,9-11H2,1H3,(H,19,20,21). The van der Waals surface area contributed by atoms with Gasteiger partial charge in [0.25, 0.3) is 0 Å². The summed E-state index contributed by atoms with van der Waals surface area (Å²) in [5.74, 6) is 0.866. The maximum atomic E-state index is 4.50. The number of hydrogen-bond donors (Lipinski definition) is 1. The van der Waals surface area contributed by atoms with Gasteiger partial charge in [0.1, 0.15) is 12.1 Å². The molecule has 1 N–H and O–H groups in total. The van der Waals surface area contributed by atoms with Crippen molar-refractivity contribution in [3.8, 4) is 5.69 Å². The topological polar surface area (TPSA) is 58.9 Å². The van der Waals surface area contributed by atoms with Crippen molar-refractivity contribution in [1.82, 2.24) is 24.6 Å². The summed E-state index contributed by atoms with van der Waals surface area (Å²) in [6.45, 7) is 5.45. The molecule has 3 heterocycles. The highest BCUT2D eigenvalue weighted by Gasteiger charge is 2.23. The molecule has 24 heavy (non-hydrogen) atoms. The van der Waals surface area contributed by atoms with Crippen LogP contribution in [0.15, 0.2) is 42.9 Å². The van der Waals surface area contributed by atoms with E-state index in [2.05, 4.69) is 32.2 Å². The molecule has 0 saturated carbocycles. The van der Waals surface area contributed by atoms with Crippen LogP contribution < -0.4 is 5.32 Å². The molecule has 0 aliphatic carbocycles. The highest BCUT2D eigenvalue weighted by atomic mass is 15.3. The van der Waals surface area contributed by atoms with Crippen molar-refractivity contribution < 1.29 is 0 Å². The third-order valence-corrected chi connectivity index (χ3v) is 4.78. The Hall–Kier alpha value is -2.47. The first-order valence-electron chi connectivity index (χ1n) is 8.59. The molecule has 6 nitrogen and oxygen atoms in total. The van der Waals surface area contributed by atoms with Gasteiger partial charge in [0, 0.05) is 12.6 Å². The number of likely N-dealkylation sites (tertiary alicyclic amines) is 1. The molecule has 6 heteroatoms. The lowest BCUT2D eigenvalue weighted by Gasteiger charge is -2.23. The minimum Gasteiger partial charge on any atom is -0.368 e. The minimum absolute atomic E-state index is 0.587. The highest BCUT2D eigenvalue weighted by Crippen LogP contribution is 2.23. The maximum Gasteiger partial charge on any atom is 0.168 e. The molecule has 1 aliphatic rings. The molecular formula is C18H22N6. The number of rotatable bonds is 5. The second-order valence-electron chi connectivity index (χ2n) is 6.16. The van der Waals surface area contributed by atoms with Gasteiger partial charge in [0.2, 0.25) is 0 Å². The van der Waals surface area contributed by atoms with Gasteiger partial charge in [-0.1, -0.05) is 25.1 Å². The molecule has 1 atom stereocenters. The van der Waals surface area contributed by atoms with Gasteiger partial charge in [-0.25, -0.2) is 14.6 Å². The number of nitrogens with zero attached hydrogens (tertiary/aromatic N) is 5. The van der Waals surface area contributed by atoms with Crippen molar-refractivity contribution in [3.05, 3.63) is 42.9 Å². The summed E-state index contributed by atoms with van der Waals surface area (Å²) in [6.07, 6.45) is 5.98. The summed E-state index contributed by atoms with van der Waals surface area (Å²) in [7, 11) is 0. The molecule has 1 unspecified atom stereocenters. The van der Waals surface area contributed by atoms with Crippen molar-refractivity contribution >= 4 is 16.9 Å². The first kappa shape index (κ1) is 15.1. The van der Waals surface area contributed by atoms with E-state index in [1.165, 1.54) is 19.4 Å². The van der Waals surface area contributed by atoms with Gasteiger partial charge in [0.15, 0.2) is 5.65 Å². The summed E-state index contributed by atoms with van der Waals surface area (Å²) in [5.41, 5.74) is 1.84. The molecule has 1 aliphatic heterocycles. The molecule has 0 bridgehead atoms. The fraction of sp³-hybridized carbons (Fsp3) is 0.389. The van der Waals surface area contributed by atoms with Gasteiger partial charge in [-0.3, -0.25) is 4.90 Å². The number of aromatic nitrogens is 4. The predicted octanol–water partition coefficient (Wildman–Crippen LogP) is 2.71. The average Bonchev–Trinajstić information content (AvgIpc) is 3.27. The van der Waals surface area contributed by atoms with Crippen molar-refractivity contribution in [1.29, 1.82) is 0 Å². The Morgan fingerprint density at radius 2 is 2.08 bits per heavy atom. The Kier molecular flexibility index (Phi) is 4.13. The van der Waals surface area contributed by atoms with E-state index in [1.54, 1.807) is 6.33 Å². The zero-order valence-electron chi connectivity index (χ0n) is 13.9. The summed E-state index contributed by atoms with van der Waals surface area (Å²) in [6, 6.07) is 10.6. The van der Waals surface area contributed by atoms with E-state index >= 15 is 0 Å². The number of nitrogens with one attached hydrogen (secondary N) is 1. The third-order valence-electron chi connectivity index (χ3n) is 4.78. The first-order valence-corrected chi connectivity index (χ1v) is 8.59. The highest BCUT2D eigenvalue weighted by molar-refractivity contribution is 5.87. The van der Waals surface area contributed by atoms with Crippen LogP contribution in [0, 0.1) is 0 Å². The fourth-order valence-electron chi connectivity index (χ4n) is 3.50. The summed E-state index contributed by atoms with van der Waals surface area (Å²) in [4.78, 5) is 11.4. The minimum atomic E-state index is 0.587. The van der Waals surface area contributed by atoms with E-state index in [4.69, 9.17) is 0 Å². The van der Waals surface area contributed by atoms with Gasteiger partial charge in [0.05, 0.1) is 17.3 Å². The number of fused-ring (bicyclic) bond motifs is 1. The molecule has 124 valence electrons. The van der Waals surface area contributed by atoms with Crippen LogP contribution in [0.4, 0.5) is 5.82 Å². The van der Waals surface area contributed by atoms with E-state index < -0.39 is 0 Å². The average molecular weight is 322 g/mol. The SMILES string of the molecule is CCN1CCCC1CNc1ncnc2c1cnn2-c1ccccc1. The fourth-order valence-corrected chi connectivity index (χ4v) is 3.50. The van der Waals surface area contributed by atoms with Crippen LogP contribution >= 0.6 is 0 Å². The van der Waals surface area contributed by atoms with Crippen LogP contribution in [0.5, 0.6) is 0 Å². The molecule has 4 rings (SSSR count). The van der Waals surface area contributed by atoms with E-state index in [9.17, 15) is 0 Å². The Bertz CT molecular complexity index is 813. The number of anilines is 1. The van der Waals surface area contributed by atoms with Crippen LogP contribution in [0.3, 0.4) is 0 Å². The summed E-state index contributed by atoms with van der Waals surface area (Å²) >= 11 is 0. The van der Waals surface area contributed by atoms with Crippen molar-refractivity contribution in [2.24, 2.45) is 0 Å². The van der Waals surface area contributed by atoms with Gasteiger partial charge in [-0.15, -0.1) is 0 Å². The molecule has 0 radical (unpaired) electrons. The van der Waals surface area contributed by atoms with Gasteiger partial charge in [-0.05, 0) is 38.1 Å². The smallest absolute Gasteiger partial charge is 0.168 e. The van der Waals surface area contributed by atoms with Gasteiger partial charge < -0.3 is 5.32 Å². The molecule has 0 spiro atoms. The number of likely N-dealkylation sites (N-methyl/N-ethyl adjacent to an activating group) is 1. The lowest BCUT2D eigenvalue weighted by molar-refractivity contribution is 0.277. The third kappa shape index (κ3) is 2.73. The zero-order chi connectivity index (χ0) is 16.4. The zero-order valence-corrected chi connectivity index (χ0v) is 13.9. The van der Waals surface area contributed by atoms with E-state index in [0.717, 1.165) is 35.6 Å². The quantitative estimate of drug-likeness (QED) is 0.783.